The first-order valence-electron chi connectivity index (χ1n) is 7.35. The van der Waals surface area contributed by atoms with Gasteiger partial charge in [0.15, 0.2) is 0 Å². The molecule has 1 aromatic heterocycles. The number of benzene rings is 1. The van der Waals surface area contributed by atoms with Crippen molar-refractivity contribution in [3.05, 3.63) is 51.9 Å². The van der Waals surface area contributed by atoms with Crippen molar-refractivity contribution in [3.8, 4) is 6.07 Å². The molecular formula is C17H19N3O2S. The van der Waals surface area contributed by atoms with E-state index in [1.807, 2.05) is 37.3 Å². The second-order valence-electron chi connectivity index (χ2n) is 4.99. The largest absolute Gasteiger partial charge is 0.462 e. The number of carbonyl (C=O) groups excluding carboxylic acids is 1. The van der Waals surface area contributed by atoms with Gasteiger partial charge in [-0.15, -0.1) is 11.3 Å². The molecule has 0 spiro atoms. The lowest BCUT2D eigenvalue weighted by atomic mass is 10.1. The maximum absolute atomic E-state index is 12.1. The van der Waals surface area contributed by atoms with Crippen molar-refractivity contribution in [2.75, 3.05) is 12.3 Å². The van der Waals surface area contributed by atoms with Gasteiger partial charge in [-0.05, 0) is 19.4 Å². The standard InChI is InChI=1S/C17H19N3O2S/c1-3-22-17(21)15-14(13(9-18)16(19)23-15)10-20-11(2)12-7-5-4-6-8-12/h4-8,11,20H,3,10,19H2,1-2H3/t11-/m0/s1. The van der Waals surface area contributed by atoms with E-state index in [9.17, 15) is 10.1 Å². The molecule has 6 heteroatoms. The van der Waals surface area contributed by atoms with Gasteiger partial charge in [0.25, 0.3) is 0 Å². The van der Waals surface area contributed by atoms with Crippen LogP contribution in [0.25, 0.3) is 0 Å². The number of nitrogens with one attached hydrogen (secondary N) is 1. The van der Waals surface area contributed by atoms with Crippen LogP contribution in [0, 0.1) is 11.3 Å². The van der Waals surface area contributed by atoms with Crippen LogP contribution in [0.3, 0.4) is 0 Å². The quantitative estimate of drug-likeness (QED) is 0.794. The lowest BCUT2D eigenvalue weighted by molar-refractivity contribution is 0.0530. The van der Waals surface area contributed by atoms with Crippen LogP contribution in [-0.4, -0.2) is 12.6 Å². The number of esters is 1. The van der Waals surface area contributed by atoms with E-state index in [4.69, 9.17) is 10.5 Å². The Morgan fingerprint density at radius 3 is 2.74 bits per heavy atom. The van der Waals surface area contributed by atoms with Crippen LogP contribution in [-0.2, 0) is 11.3 Å². The molecular weight excluding hydrogens is 310 g/mol. The number of rotatable bonds is 6. The molecule has 1 heterocycles. The highest BCUT2D eigenvalue weighted by Gasteiger charge is 2.23. The van der Waals surface area contributed by atoms with Gasteiger partial charge < -0.3 is 15.8 Å². The minimum Gasteiger partial charge on any atom is -0.462 e. The third kappa shape index (κ3) is 3.89. The van der Waals surface area contributed by atoms with Crippen LogP contribution in [0.2, 0.25) is 0 Å². The molecule has 0 fully saturated rings. The topological polar surface area (TPSA) is 88.1 Å². The molecule has 0 amide bonds. The highest BCUT2D eigenvalue weighted by molar-refractivity contribution is 7.18. The third-order valence-electron chi connectivity index (χ3n) is 3.49. The summed E-state index contributed by atoms with van der Waals surface area (Å²) in [5, 5.41) is 13.0. The smallest absolute Gasteiger partial charge is 0.348 e. The number of nitrogens with zero attached hydrogens (tertiary/aromatic N) is 1. The highest BCUT2D eigenvalue weighted by atomic mass is 32.1. The van der Waals surface area contributed by atoms with Crippen LogP contribution in [0.4, 0.5) is 5.00 Å². The molecule has 2 rings (SSSR count). The zero-order chi connectivity index (χ0) is 16.8. The summed E-state index contributed by atoms with van der Waals surface area (Å²) in [5.41, 5.74) is 7.96. The first kappa shape index (κ1) is 17.0. The first-order chi connectivity index (χ1) is 11.1. The van der Waals surface area contributed by atoms with E-state index in [0.29, 0.717) is 27.5 Å². The molecule has 2 aromatic rings. The Morgan fingerprint density at radius 2 is 2.13 bits per heavy atom. The Kier molecular flexibility index (Phi) is 5.74. The summed E-state index contributed by atoms with van der Waals surface area (Å²) in [6.07, 6.45) is 0. The number of anilines is 1. The molecule has 5 nitrogen and oxygen atoms in total. The molecule has 1 atom stereocenters. The number of hydrogen-bond acceptors (Lipinski definition) is 6. The first-order valence-corrected chi connectivity index (χ1v) is 8.16. The predicted octanol–water partition coefficient (Wildman–Crippen LogP) is 3.23. The number of ether oxygens (including phenoxy) is 1. The second-order valence-corrected chi connectivity index (χ2v) is 6.05. The fraction of sp³-hybridized carbons (Fsp3) is 0.294. The number of thiophene rings is 1. The van der Waals surface area contributed by atoms with Crippen molar-refractivity contribution in [3.63, 3.8) is 0 Å². The summed E-state index contributed by atoms with van der Waals surface area (Å²) in [7, 11) is 0. The van der Waals surface area contributed by atoms with Gasteiger partial charge in [0.2, 0.25) is 0 Å². The van der Waals surface area contributed by atoms with E-state index in [0.717, 1.165) is 16.9 Å². The van der Waals surface area contributed by atoms with E-state index in [-0.39, 0.29) is 12.6 Å². The molecule has 3 N–H and O–H groups in total. The van der Waals surface area contributed by atoms with Gasteiger partial charge in [-0.25, -0.2) is 4.79 Å². The summed E-state index contributed by atoms with van der Waals surface area (Å²) in [6, 6.07) is 12.1. The predicted molar refractivity (Wildman–Crippen MR) is 91.1 cm³/mol. The maximum atomic E-state index is 12.1. The van der Waals surface area contributed by atoms with Gasteiger partial charge in [0, 0.05) is 18.2 Å². The summed E-state index contributed by atoms with van der Waals surface area (Å²) >= 11 is 1.10. The van der Waals surface area contributed by atoms with E-state index in [2.05, 4.69) is 11.4 Å². The summed E-state index contributed by atoms with van der Waals surface area (Å²) in [5.74, 6) is -0.435. The van der Waals surface area contributed by atoms with Gasteiger partial charge >= 0.3 is 5.97 Å². The normalized spacial score (nSPS) is 11.7. The van der Waals surface area contributed by atoms with Crippen molar-refractivity contribution >= 4 is 22.3 Å². The Hall–Kier alpha value is -2.36. The fourth-order valence-electron chi connectivity index (χ4n) is 2.25. The highest BCUT2D eigenvalue weighted by Crippen LogP contribution is 2.31. The van der Waals surface area contributed by atoms with Crippen LogP contribution in [0.5, 0.6) is 0 Å². The van der Waals surface area contributed by atoms with Crippen molar-refractivity contribution in [2.45, 2.75) is 26.4 Å². The van der Waals surface area contributed by atoms with Crippen molar-refractivity contribution in [1.82, 2.24) is 5.32 Å². The lowest BCUT2D eigenvalue weighted by Crippen LogP contribution is -2.20. The molecule has 0 unspecified atom stereocenters. The molecule has 0 radical (unpaired) electrons. The number of nitriles is 1. The molecule has 120 valence electrons. The molecule has 0 bridgehead atoms. The summed E-state index contributed by atoms with van der Waals surface area (Å²) in [6.45, 7) is 4.43. The van der Waals surface area contributed by atoms with Gasteiger partial charge in [-0.1, -0.05) is 30.3 Å². The van der Waals surface area contributed by atoms with Crippen LogP contribution < -0.4 is 11.1 Å². The molecule has 23 heavy (non-hydrogen) atoms. The second kappa shape index (κ2) is 7.77. The Morgan fingerprint density at radius 1 is 1.43 bits per heavy atom. The van der Waals surface area contributed by atoms with E-state index >= 15 is 0 Å². The number of nitrogen functional groups attached to an aromatic ring is 1. The molecule has 0 saturated carbocycles. The number of hydrogen-bond donors (Lipinski definition) is 2. The van der Waals surface area contributed by atoms with Crippen molar-refractivity contribution in [1.29, 1.82) is 5.26 Å². The Balaban J connectivity index is 2.21. The number of carbonyl (C=O) groups is 1. The summed E-state index contributed by atoms with van der Waals surface area (Å²) < 4.78 is 5.05. The maximum Gasteiger partial charge on any atom is 0.348 e. The van der Waals surface area contributed by atoms with E-state index < -0.39 is 5.97 Å². The van der Waals surface area contributed by atoms with Crippen LogP contribution in [0.15, 0.2) is 30.3 Å². The minimum absolute atomic E-state index is 0.0823. The third-order valence-corrected chi connectivity index (χ3v) is 4.53. The molecule has 0 saturated heterocycles. The minimum atomic E-state index is -0.435. The van der Waals surface area contributed by atoms with Gasteiger partial charge in [0.05, 0.1) is 12.2 Å². The van der Waals surface area contributed by atoms with E-state index in [1.165, 1.54) is 0 Å². The Bertz CT molecular complexity index is 719. The van der Waals surface area contributed by atoms with E-state index in [1.54, 1.807) is 6.92 Å². The van der Waals surface area contributed by atoms with Gasteiger partial charge in [0.1, 0.15) is 15.9 Å². The fourth-order valence-corrected chi connectivity index (χ4v) is 3.18. The van der Waals surface area contributed by atoms with Gasteiger partial charge in [-0.3, -0.25) is 0 Å². The molecule has 0 aliphatic rings. The van der Waals surface area contributed by atoms with Crippen LogP contribution in [0.1, 0.15) is 46.3 Å². The average molecular weight is 329 g/mol. The monoisotopic (exact) mass is 329 g/mol. The van der Waals surface area contributed by atoms with Crippen molar-refractivity contribution in [2.24, 2.45) is 0 Å². The van der Waals surface area contributed by atoms with Crippen molar-refractivity contribution < 1.29 is 9.53 Å². The van der Waals surface area contributed by atoms with Crippen LogP contribution >= 0.6 is 11.3 Å². The Labute approximate surface area is 139 Å². The SMILES string of the molecule is CCOC(=O)c1sc(N)c(C#N)c1CN[C@@H](C)c1ccccc1. The zero-order valence-corrected chi connectivity index (χ0v) is 13.9. The average Bonchev–Trinajstić information content (AvgIpc) is 2.89. The zero-order valence-electron chi connectivity index (χ0n) is 13.1. The van der Waals surface area contributed by atoms with Gasteiger partial charge in [-0.2, -0.15) is 5.26 Å². The summed E-state index contributed by atoms with van der Waals surface area (Å²) in [4.78, 5) is 12.5. The lowest BCUT2D eigenvalue weighted by Gasteiger charge is -2.14. The number of nitrogens with two attached hydrogens (primary N) is 1. The molecule has 0 aliphatic heterocycles. The molecule has 1 aromatic carbocycles. The molecule has 0 aliphatic carbocycles.